The molecule has 3 rings (SSSR count). The molecule has 0 saturated carbocycles. The maximum atomic E-state index is 12.2. The molecule has 1 heterocycles. The van der Waals surface area contributed by atoms with Crippen molar-refractivity contribution < 1.29 is 14.3 Å². The first-order valence-electron chi connectivity index (χ1n) is 8.22. The minimum absolute atomic E-state index is 0.199. The Morgan fingerprint density at radius 1 is 0.926 bits per heavy atom. The number of benzene rings is 2. The Morgan fingerprint density at radius 3 is 2.37 bits per heavy atom. The van der Waals surface area contributed by atoms with Crippen LogP contribution in [0, 0.1) is 6.92 Å². The maximum absolute atomic E-state index is 12.2. The van der Waals surface area contributed by atoms with Gasteiger partial charge in [-0.3, -0.25) is 4.79 Å². The molecule has 7 heteroatoms. The molecule has 3 aromatic rings. The van der Waals surface area contributed by atoms with Crippen molar-refractivity contribution in [1.82, 2.24) is 10.2 Å². The van der Waals surface area contributed by atoms with Gasteiger partial charge in [0.2, 0.25) is 0 Å². The molecule has 1 amide bonds. The van der Waals surface area contributed by atoms with E-state index >= 15 is 0 Å². The number of amides is 1. The molecule has 0 aliphatic heterocycles. The van der Waals surface area contributed by atoms with Gasteiger partial charge in [-0.05, 0) is 49.4 Å². The summed E-state index contributed by atoms with van der Waals surface area (Å²) in [6, 6.07) is 17.5. The number of esters is 1. The van der Waals surface area contributed by atoms with E-state index in [1.165, 1.54) is 7.11 Å². The fourth-order valence-electron chi connectivity index (χ4n) is 2.34. The van der Waals surface area contributed by atoms with Crippen LogP contribution in [0.25, 0.3) is 0 Å². The number of nitrogens with zero attached hydrogens (tertiary/aromatic N) is 2. The van der Waals surface area contributed by atoms with Gasteiger partial charge in [0.05, 0.1) is 12.7 Å². The fraction of sp³-hybridized carbons (Fsp3) is 0.100. The molecule has 0 aliphatic rings. The minimum atomic E-state index is -0.423. The summed E-state index contributed by atoms with van der Waals surface area (Å²) in [4.78, 5) is 23.8. The summed E-state index contributed by atoms with van der Waals surface area (Å²) < 4.78 is 4.70. The zero-order chi connectivity index (χ0) is 19.2. The highest BCUT2D eigenvalue weighted by atomic mass is 16.5. The molecule has 2 N–H and O–H groups in total. The number of aryl methyl sites for hydroxylation is 1. The van der Waals surface area contributed by atoms with E-state index in [-0.39, 0.29) is 11.6 Å². The molecular weight excluding hydrogens is 344 g/mol. The number of hydrogen-bond acceptors (Lipinski definition) is 6. The summed E-state index contributed by atoms with van der Waals surface area (Å²) >= 11 is 0. The van der Waals surface area contributed by atoms with Crippen LogP contribution in [-0.2, 0) is 4.74 Å². The topological polar surface area (TPSA) is 93.2 Å². The number of rotatable bonds is 5. The average molecular weight is 362 g/mol. The Morgan fingerprint density at radius 2 is 1.70 bits per heavy atom. The SMILES string of the molecule is COC(=O)c1cccc(Nc2ccc(C(=O)Nc3ccc(C)cc3)nn2)c1. The van der Waals surface area contributed by atoms with Crippen molar-refractivity contribution >= 4 is 29.1 Å². The van der Waals surface area contributed by atoms with E-state index in [1.54, 1.807) is 36.4 Å². The van der Waals surface area contributed by atoms with Crippen LogP contribution in [-0.4, -0.2) is 29.2 Å². The molecule has 2 aromatic carbocycles. The van der Waals surface area contributed by atoms with E-state index in [0.29, 0.717) is 22.8 Å². The van der Waals surface area contributed by atoms with E-state index < -0.39 is 5.97 Å². The zero-order valence-electron chi connectivity index (χ0n) is 14.9. The third-order valence-electron chi connectivity index (χ3n) is 3.76. The lowest BCUT2D eigenvalue weighted by molar-refractivity contribution is 0.0600. The van der Waals surface area contributed by atoms with Gasteiger partial charge in [0.25, 0.3) is 5.91 Å². The monoisotopic (exact) mass is 362 g/mol. The summed E-state index contributed by atoms with van der Waals surface area (Å²) in [6.45, 7) is 1.98. The van der Waals surface area contributed by atoms with Crippen LogP contribution < -0.4 is 10.6 Å². The first kappa shape index (κ1) is 18.1. The highest BCUT2D eigenvalue weighted by Crippen LogP contribution is 2.17. The molecule has 0 unspecified atom stereocenters. The van der Waals surface area contributed by atoms with Crippen LogP contribution in [0.4, 0.5) is 17.2 Å². The van der Waals surface area contributed by atoms with E-state index in [0.717, 1.165) is 5.56 Å². The predicted molar refractivity (Wildman–Crippen MR) is 102 cm³/mol. The van der Waals surface area contributed by atoms with Gasteiger partial charge in [0.15, 0.2) is 11.5 Å². The minimum Gasteiger partial charge on any atom is -0.465 e. The summed E-state index contributed by atoms with van der Waals surface area (Å²) in [6.07, 6.45) is 0. The van der Waals surface area contributed by atoms with E-state index in [4.69, 9.17) is 4.74 Å². The Hall–Kier alpha value is -3.74. The molecule has 7 nitrogen and oxygen atoms in total. The largest absolute Gasteiger partial charge is 0.465 e. The van der Waals surface area contributed by atoms with Gasteiger partial charge in [0.1, 0.15) is 0 Å². The highest BCUT2D eigenvalue weighted by Gasteiger charge is 2.10. The molecule has 0 bridgehead atoms. The van der Waals surface area contributed by atoms with Crippen molar-refractivity contribution in [2.75, 3.05) is 17.7 Å². The maximum Gasteiger partial charge on any atom is 0.337 e. The van der Waals surface area contributed by atoms with Crippen molar-refractivity contribution in [3.63, 3.8) is 0 Å². The first-order valence-corrected chi connectivity index (χ1v) is 8.22. The molecule has 0 saturated heterocycles. The normalized spacial score (nSPS) is 10.1. The molecule has 0 radical (unpaired) electrons. The summed E-state index contributed by atoms with van der Waals surface area (Å²) in [5, 5.41) is 13.8. The van der Waals surface area contributed by atoms with Crippen molar-refractivity contribution in [3.8, 4) is 0 Å². The summed E-state index contributed by atoms with van der Waals surface area (Å²) in [5.74, 6) is -0.317. The average Bonchev–Trinajstić information content (AvgIpc) is 2.70. The predicted octanol–water partition coefficient (Wildman–Crippen LogP) is 3.57. The number of carbonyl (C=O) groups is 2. The number of anilines is 3. The molecule has 0 aliphatic carbocycles. The van der Waals surface area contributed by atoms with Crippen molar-refractivity contribution in [1.29, 1.82) is 0 Å². The lowest BCUT2D eigenvalue weighted by Gasteiger charge is -2.08. The molecule has 0 atom stereocenters. The van der Waals surface area contributed by atoms with Crippen LogP contribution in [0.3, 0.4) is 0 Å². The van der Waals surface area contributed by atoms with E-state index in [9.17, 15) is 9.59 Å². The second-order valence-corrected chi connectivity index (χ2v) is 5.82. The molecule has 0 fully saturated rings. The van der Waals surface area contributed by atoms with Crippen LogP contribution in [0.1, 0.15) is 26.4 Å². The van der Waals surface area contributed by atoms with E-state index in [1.807, 2.05) is 31.2 Å². The number of methoxy groups -OCH3 is 1. The van der Waals surface area contributed by atoms with Gasteiger partial charge >= 0.3 is 5.97 Å². The summed E-state index contributed by atoms with van der Waals surface area (Å²) in [7, 11) is 1.33. The lowest BCUT2D eigenvalue weighted by atomic mass is 10.2. The summed E-state index contributed by atoms with van der Waals surface area (Å²) in [5.41, 5.74) is 3.08. The smallest absolute Gasteiger partial charge is 0.337 e. The Labute approximate surface area is 156 Å². The quantitative estimate of drug-likeness (QED) is 0.674. The molecule has 136 valence electrons. The number of nitrogens with one attached hydrogen (secondary N) is 2. The van der Waals surface area contributed by atoms with Crippen molar-refractivity contribution in [3.05, 3.63) is 77.5 Å². The molecule has 0 spiro atoms. The Bertz CT molecular complexity index is 954. The van der Waals surface area contributed by atoms with Crippen molar-refractivity contribution in [2.45, 2.75) is 6.92 Å². The zero-order valence-corrected chi connectivity index (χ0v) is 14.9. The van der Waals surface area contributed by atoms with Gasteiger partial charge in [-0.1, -0.05) is 23.8 Å². The van der Waals surface area contributed by atoms with Crippen LogP contribution in [0.15, 0.2) is 60.7 Å². The Kier molecular flexibility index (Phi) is 5.41. The third-order valence-corrected chi connectivity index (χ3v) is 3.76. The van der Waals surface area contributed by atoms with Crippen LogP contribution in [0.5, 0.6) is 0 Å². The lowest BCUT2D eigenvalue weighted by Crippen LogP contribution is -2.14. The molecule has 1 aromatic heterocycles. The second-order valence-electron chi connectivity index (χ2n) is 5.82. The third kappa shape index (κ3) is 4.66. The molecule has 27 heavy (non-hydrogen) atoms. The van der Waals surface area contributed by atoms with Crippen molar-refractivity contribution in [2.24, 2.45) is 0 Å². The van der Waals surface area contributed by atoms with Gasteiger partial charge in [0, 0.05) is 11.4 Å². The number of ether oxygens (including phenoxy) is 1. The van der Waals surface area contributed by atoms with Crippen LogP contribution in [0.2, 0.25) is 0 Å². The first-order chi connectivity index (χ1) is 13.0. The number of aromatic nitrogens is 2. The number of hydrogen-bond donors (Lipinski definition) is 2. The highest BCUT2D eigenvalue weighted by molar-refractivity contribution is 6.02. The molecular formula is C20H18N4O3. The van der Waals surface area contributed by atoms with Gasteiger partial charge < -0.3 is 15.4 Å². The Balaban J connectivity index is 1.67. The van der Waals surface area contributed by atoms with Gasteiger partial charge in [-0.15, -0.1) is 10.2 Å². The second kappa shape index (κ2) is 8.09. The van der Waals surface area contributed by atoms with Gasteiger partial charge in [-0.2, -0.15) is 0 Å². The standard InChI is InChI=1S/C20H18N4O3/c1-13-6-8-15(9-7-13)22-19(25)17-10-11-18(24-23-17)21-16-5-3-4-14(12-16)20(26)27-2/h3-12H,1-2H3,(H,21,24)(H,22,25). The van der Waals surface area contributed by atoms with Gasteiger partial charge in [-0.25, -0.2) is 4.79 Å². The van der Waals surface area contributed by atoms with Crippen LogP contribution >= 0.6 is 0 Å². The number of carbonyl (C=O) groups excluding carboxylic acids is 2. The van der Waals surface area contributed by atoms with E-state index in [2.05, 4.69) is 20.8 Å². The fourth-order valence-corrected chi connectivity index (χ4v) is 2.34.